The summed E-state index contributed by atoms with van der Waals surface area (Å²) in [5, 5.41) is 12.8. The van der Waals surface area contributed by atoms with Crippen molar-refractivity contribution in [3.8, 4) is 5.75 Å². The second-order valence-corrected chi connectivity index (χ2v) is 5.36. The van der Waals surface area contributed by atoms with Crippen LogP contribution in [0.1, 0.15) is 48.5 Å². The molecule has 0 unspecified atom stereocenters. The minimum absolute atomic E-state index is 0.0918. The van der Waals surface area contributed by atoms with Crippen LogP contribution in [-0.4, -0.2) is 17.6 Å². The van der Waals surface area contributed by atoms with Gasteiger partial charge in [0.15, 0.2) is 0 Å². The van der Waals surface area contributed by atoms with Crippen molar-refractivity contribution >= 4 is 5.91 Å². The van der Waals surface area contributed by atoms with E-state index in [-0.39, 0.29) is 11.7 Å². The molecule has 2 rings (SSSR count). The third kappa shape index (κ3) is 2.35. The van der Waals surface area contributed by atoms with Crippen LogP contribution in [0.4, 0.5) is 0 Å². The van der Waals surface area contributed by atoms with Gasteiger partial charge in [-0.2, -0.15) is 0 Å². The number of benzene rings is 1. The monoisotopic (exact) mass is 247 g/mol. The molecule has 0 bridgehead atoms. The van der Waals surface area contributed by atoms with Crippen LogP contribution in [-0.2, 0) is 0 Å². The van der Waals surface area contributed by atoms with Gasteiger partial charge in [-0.1, -0.05) is 25.5 Å². The minimum atomic E-state index is -0.170. The number of para-hydroxylation sites is 1. The third-order valence-electron chi connectivity index (χ3n) is 4.27. The van der Waals surface area contributed by atoms with Gasteiger partial charge < -0.3 is 10.4 Å². The summed E-state index contributed by atoms with van der Waals surface area (Å²) >= 11 is 0. The van der Waals surface area contributed by atoms with E-state index in [4.69, 9.17) is 0 Å². The van der Waals surface area contributed by atoms with Crippen LogP contribution in [0, 0.1) is 12.3 Å². The topological polar surface area (TPSA) is 49.3 Å². The average molecular weight is 247 g/mol. The zero-order valence-corrected chi connectivity index (χ0v) is 11.1. The number of aryl methyl sites for hydroxylation is 1. The second-order valence-electron chi connectivity index (χ2n) is 5.36. The van der Waals surface area contributed by atoms with Gasteiger partial charge in [-0.15, -0.1) is 0 Å². The van der Waals surface area contributed by atoms with Crippen molar-refractivity contribution in [1.29, 1.82) is 0 Å². The highest BCUT2D eigenvalue weighted by atomic mass is 16.3. The molecule has 1 saturated carbocycles. The largest absolute Gasteiger partial charge is 0.507 e. The molecule has 0 aliphatic heterocycles. The van der Waals surface area contributed by atoms with E-state index in [1.165, 1.54) is 19.3 Å². The van der Waals surface area contributed by atoms with E-state index in [1.54, 1.807) is 25.1 Å². The summed E-state index contributed by atoms with van der Waals surface area (Å²) in [5.41, 5.74) is 1.41. The smallest absolute Gasteiger partial charge is 0.255 e. The van der Waals surface area contributed by atoms with Crippen molar-refractivity contribution in [1.82, 2.24) is 5.32 Å². The fourth-order valence-corrected chi connectivity index (χ4v) is 2.54. The number of carbonyl (C=O) groups is 1. The maximum absolute atomic E-state index is 12.0. The average Bonchev–Trinajstić information content (AvgIpc) is 2.31. The Morgan fingerprint density at radius 2 is 2.17 bits per heavy atom. The molecule has 0 heterocycles. The first-order valence-electron chi connectivity index (χ1n) is 6.65. The predicted molar refractivity (Wildman–Crippen MR) is 71.8 cm³/mol. The van der Waals surface area contributed by atoms with Crippen LogP contribution in [0.3, 0.4) is 0 Å². The number of rotatable bonds is 4. The number of aromatic hydroxyl groups is 1. The highest BCUT2D eigenvalue weighted by molar-refractivity contribution is 5.97. The molecule has 98 valence electrons. The van der Waals surface area contributed by atoms with Gasteiger partial charge in [0.05, 0.1) is 5.56 Å². The Morgan fingerprint density at radius 3 is 2.72 bits per heavy atom. The highest BCUT2D eigenvalue weighted by Crippen LogP contribution is 2.43. The molecule has 0 aromatic heterocycles. The Bertz CT molecular complexity index is 444. The minimum Gasteiger partial charge on any atom is -0.507 e. The fourth-order valence-electron chi connectivity index (χ4n) is 2.54. The van der Waals surface area contributed by atoms with E-state index in [9.17, 15) is 9.90 Å². The van der Waals surface area contributed by atoms with Gasteiger partial charge in [0.2, 0.25) is 0 Å². The number of nitrogens with one attached hydrogen (secondary N) is 1. The summed E-state index contributed by atoms with van der Waals surface area (Å²) < 4.78 is 0. The third-order valence-corrected chi connectivity index (χ3v) is 4.27. The van der Waals surface area contributed by atoms with Crippen LogP contribution >= 0.6 is 0 Å². The fraction of sp³-hybridized carbons (Fsp3) is 0.533. The lowest BCUT2D eigenvalue weighted by molar-refractivity contribution is 0.0847. The molecule has 2 N–H and O–H groups in total. The van der Waals surface area contributed by atoms with E-state index < -0.39 is 0 Å². The van der Waals surface area contributed by atoms with Gasteiger partial charge in [-0.3, -0.25) is 4.79 Å². The van der Waals surface area contributed by atoms with E-state index in [0.29, 0.717) is 11.0 Å². The molecule has 1 aromatic carbocycles. The zero-order valence-electron chi connectivity index (χ0n) is 11.1. The van der Waals surface area contributed by atoms with E-state index in [1.807, 2.05) is 0 Å². The Morgan fingerprint density at radius 1 is 1.44 bits per heavy atom. The van der Waals surface area contributed by atoms with Crippen molar-refractivity contribution in [3.05, 3.63) is 29.3 Å². The lowest BCUT2D eigenvalue weighted by atomic mass is 9.67. The normalized spacial score (nSPS) is 17.0. The van der Waals surface area contributed by atoms with Gasteiger partial charge in [-0.25, -0.2) is 0 Å². The Hall–Kier alpha value is -1.51. The molecule has 1 aliphatic rings. The molecule has 1 amide bonds. The number of hydrogen-bond donors (Lipinski definition) is 2. The molecular formula is C15H21NO2. The van der Waals surface area contributed by atoms with Crippen molar-refractivity contribution < 1.29 is 9.90 Å². The SMILES string of the molecule is CCC1(CNC(=O)c2cccc(C)c2O)CCC1. The van der Waals surface area contributed by atoms with Gasteiger partial charge in [-0.05, 0) is 43.2 Å². The van der Waals surface area contributed by atoms with Gasteiger partial charge in [0, 0.05) is 6.54 Å². The van der Waals surface area contributed by atoms with Gasteiger partial charge in [0.1, 0.15) is 5.75 Å². The number of hydrogen-bond acceptors (Lipinski definition) is 2. The summed E-state index contributed by atoms with van der Waals surface area (Å²) in [5.74, 6) is -0.0786. The molecule has 1 aliphatic carbocycles. The number of phenols is 1. The number of amides is 1. The molecular weight excluding hydrogens is 226 g/mol. The Kier molecular flexibility index (Phi) is 3.60. The molecule has 3 heteroatoms. The highest BCUT2D eigenvalue weighted by Gasteiger charge is 2.35. The lowest BCUT2D eigenvalue weighted by Gasteiger charge is -2.41. The van der Waals surface area contributed by atoms with Crippen LogP contribution < -0.4 is 5.32 Å². The molecule has 3 nitrogen and oxygen atoms in total. The first-order chi connectivity index (χ1) is 8.58. The first kappa shape index (κ1) is 12.9. The molecule has 0 atom stereocenters. The van der Waals surface area contributed by atoms with E-state index >= 15 is 0 Å². The van der Waals surface area contributed by atoms with Crippen LogP contribution in [0.2, 0.25) is 0 Å². The standard InChI is InChI=1S/C15H21NO2/c1-3-15(8-5-9-15)10-16-14(18)12-7-4-6-11(2)13(12)17/h4,6-7,17H,3,5,8-10H2,1-2H3,(H,16,18). The van der Waals surface area contributed by atoms with Crippen molar-refractivity contribution in [3.63, 3.8) is 0 Å². The van der Waals surface area contributed by atoms with Gasteiger partial charge in [0.25, 0.3) is 5.91 Å². The Balaban J connectivity index is 2.02. The van der Waals surface area contributed by atoms with Crippen molar-refractivity contribution in [2.75, 3.05) is 6.54 Å². The summed E-state index contributed by atoms with van der Waals surface area (Å²) in [6.07, 6.45) is 4.76. The van der Waals surface area contributed by atoms with Crippen LogP contribution in [0.15, 0.2) is 18.2 Å². The van der Waals surface area contributed by atoms with E-state index in [2.05, 4.69) is 12.2 Å². The molecule has 1 fully saturated rings. The quantitative estimate of drug-likeness (QED) is 0.859. The lowest BCUT2D eigenvalue weighted by Crippen LogP contribution is -2.41. The van der Waals surface area contributed by atoms with Crippen LogP contribution in [0.5, 0.6) is 5.75 Å². The molecule has 18 heavy (non-hydrogen) atoms. The predicted octanol–water partition coefficient (Wildman–Crippen LogP) is 3.01. The molecule has 0 saturated heterocycles. The second kappa shape index (κ2) is 5.01. The van der Waals surface area contributed by atoms with Crippen LogP contribution in [0.25, 0.3) is 0 Å². The molecule has 0 spiro atoms. The summed E-state index contributed by atoms with van der Waals surface area (Å²) in [6.45, 7) is 4.69. The van der Waals surface area contributed by atoms with Crippen molar-refractivity contribution in [2.45, 2.75) is 39.5 Å². The maximum Gasteiger partial charge on any atom is 0.255 e. The number of carbonyl (C=O) groups excluding carboxylic acids is 1. The Labute approximate surface area is 108 Å². The molecule has 1 aromatic rings. The van der Waals surface area contributed by atoms with Crippen molar-refractivity contribution in [2.24, 2.45) is 5.41 Å². The summed E-state index contributed by atoms with van der Waals surface area (Å²) in [4.78, 5) is 12.0. The van der Waals surface area contributed by atoms with E-state index in [0.717, 1.165) is 18.5 Å². The zero-order chi connectivity index (χ0) is 13.2. The summed E-state index contributed by atoms with van der Waals surface area (Å²) in [6, 6.07) is 5.26. The number of phenolic OH excluding ortho intramolecular Hbond substituents is 1. The summed E-state index contributed by atoms with van der Waals surface area (Å²) in [7, 11) is 0. The molecule has 0 radical (unpaired) electrons. The maximum atomic E-state index is 12.0. The van der Waals surface area contributed by atoms with Gasteiger partial charge >= 0.3 is 0 Å². The first-order valence-corrected chi connectivity index (χ1v) is 6.65.